The van der Waals surface area contributed by atoms with Gasteiger partial charge in [-0.15, -0.1) is 0 Å². The van der Waals surface area contributed by atoms with E-state index in [1.54, 1.807) is 18.3 Å². The molecule has 7 nitrogen and oxygen atoms in total. The normalized spacial score (nSPS) is 15.5. The number of hydrogen-bond donors (Lipinski definition) is 2. The third-order valence-corrected chi connectivity index (χ3v) is 3.93. The molecule has 2 N–H and O–H groups in total. The lowest BCUT2D eigenvalue weighted by atomic mass is 10.4. The standard InChI is InChI=1S/C11H15N3O4S/c15-10(16)8-19(17,18)13-9-4-3-5-12-11(9)14-6-1-2-7-14/h3-5,13H,1-2,6-8H2,(H,15,16). The van der Waals surface area contributed by atoms with Gasteiger partial charge in [0.1, 0.15) is 0 Å². The topological polar surface area (TPSA) is 99.6 Å². The maximum atomic E-state index is 11.6. The number of hydrogen-bond acceptors (Lipinski definition) is 5. The highest BCUT2D eigenvalue weighted by Gasteiger charge is 2.21. The predicted octanol–water partition coefficient (Wildman–Crippen LogP) is 0.508. The summed E-state index contributed by atoms with van der Waals surface area (Å²) in [6.45, 7) is 1.65. The maximum absolute atomic E-state index is 11.6. The highest BCUT2D eigenvalue weighted by molar-refractivity contribution is 7.93. The van der Waals surface area contributed by atoms with Gasteiger partial charge in [0, 0.05) is 19.3 Å². The number of nitrogens with one attached hydrogen (secondary N) is 1. The smallest absolute Gasteiger partial charge is 0.320 e. The molecule has 0 aromatic carbocycles. The Balaban J connectivity index is 2.22. The Bertz CT molecular complexity index is 567. The monoisotopic (exact) mass is 285 g/mol. The molecule has 1 aliphatic rings. The summed E-state index contributed by atoms with van der Waals surface area (Å²) in [6.07, 6.45) is 3.67. The Kier molecular flexibility index (Phi) is 3.89. The van der Waals surface area contributed by atoms with Crippen molar-refractivity contribution in [2.24, 2.45) is 0 Å². The van der Waals surface area contributed by atoms with E-state index in [1.165, 1.54) is 0 Å². The van der Waals surface area contributed by atoms with Crippen LogP contribution >= 0.6 is 0 Å². The molecule has 0 amide bonds. The van der Waals surface area contributed by atoms with Crippen molar-refractivity contribution >= 4 is 27.5 Å². The zero-order valence-corrected chi connectivity index (χ0v) is 11.1. The molecule has 104 valence electrons. The average molecular weight is 285 g/mol. The molecule has 1 saturated heterocycles. The minimum absolute atomic E-state index is 0.325. The van der Waals surface area contributed by atoms with E-state index in [4.69, 9.17) is 5.11 Å². The number of anilines is 2. The van der Waals surface area contributed by atoms with Crippen LogP contribution in [0, 0.1) is 0 Å². The van der Waals surface area contributed by atoms with Crippen LogP contribution in [0.5, 0.6) is 0 Å². The fourth-order valence-corrected chi connectivity index (χ4v) is 2.92. The molecule has 2 heterocycles. The van der Waals surface area contributed by atoms with Crippen molar-refractivity contribution in [3.05, 3.63) is 18.3 Å². The molecule has 8 heteroatoms. The van der Waals surface area contributed by atoms with Gasteiger partial charge in [-0.25, -0.2) is 13.4 Å². The van der Waals surface area contributed by atoms with E-state index in [0.29, 0.717) is 11.5 Å². The first-order valence-electron chi connectivity index (χ1n) is 5.90. The van der Waals surface area contributed by atoms with Gasteiger partial charge in [0.2, 0.25) is 10.0 Å². The summed E-state index contributed by atoms with van der Waals surface area (Å²) in [7, 11) is -3.90. The predicted molar refractivity (Wildman–Crippen MR) is 70.7 cm³/mol. The van der Waals surface area contributed by atoms with Crippen LogP contribution < -0.4 is 9.62 Å². The first-order valence-corrected chi connectivity index (χ1v) is 7.55. The number of carbonyl (C=O) groups is 1. The molecular formula is C11H15N3O4S. The third-order valence-electron chi connectivity index (χ3n) is 2.77. The number of aliphatic carboxylic acids is 1. The SMILES string of the molecule is O=C(O)CS(=O)(=O)Nc1cccnc1N1CCCC1. The van der Waals surface area contributed by atoms with Crippen LogP contribution in [0.1, 0.15) is 12.8 Å². The van der Waals surface area contributed by atoms with Gasteiger partial charge in [-0.3, -0.25) is 9.52 Å². The van der Waals surface area contributed by atoms with Gasteiger partial charge >= 0.3 is 5.97 Å². The zero-order chi connectivity index (χ0) is 13.9. The second-order valence-corrected chi connectivity index (χ2v) is 6.05. The molecule has 0 radical (unpaired) electrons. The summed E-state index contributed by atoms with van der Waals surface area (Å²) in [5, 5.41) is 8.56. The molecule has 1 fully saturated rings. The molecule has 1 aromatic rings. The second kappa shape index (κ2) is 5.43. The fraction of sp³-hybridized carbons (Fsp3) is 0.455. The van der Waals surface area contributed by atoms with Crippen LogP contribution in [-0.4, -0.2) is 43.3 Å². The van der Waals surface area contributed by atoms with Gasteiger partial charge < -0.3 is 10.0 Å². The molecule has 0 saturated carbocycles. The first-order chi connectivity index (χ1) is 8.98. The number of carboxylic acids is 1. The van der Waals surface area contributed by atoms with Crippen molar-refractivity contribution in [1.82, 2.24) is 4.98 Å². The van der Waals surface area contributed by atoms with Crippen molar-refractivity contribution in [3.63, 3.8) is 0 Å². The average Bonchev–Trinajstić information content (AvgIpc) is 2.80. The van der Waals surface area contributed by atoms with Crippen LogP contribution in [0.25, 0.3) is 0 Å². The number of sulfonamides is 1. The van der Waals surface area contributed by atoms with Gasteiger partial charge in [-0.2, -0.15) is 0 Å². The van der Waals surface area contributed by atoms with E-state index in [-0.39, 0.29) is 0 Å². The molecule has 0 unspecified atom stereocenters. The number of pyridine rings is 1. The van der Waals surface area contributed by atoms with Crippen molar-refractivity contribution in [2.45, 2.75) is 12.8 Å². The summed E-state index contributed by atoms with van der Waals surface area (Å²) < 4.78 is 25.6. The van der Waals surface area contributed by atoms with Crippen molar-refractivity contribution < 1.29 is 18.3 Å². The van der Waals surface area contributed by atoms with Crippen LogP contribution in [0.2, 0.25) is 0 Å². The number of rotatable bonds is 5. The van der Waals surface area contributed by atoms with Gasteiger partial charge in [-0.05, 0) is 25.0 Å². The molecule has 0 aliphatic carbocycles. The van der Waals surface area contributed by atoms with E-state index in [2.05, 4.69) is 9.71 Å². The molecule has 0 atom stereocenters. The van der Waals surface area contributed by atoms with Crippen molar-refractivity contribution in [2.75, 3.05) is 28.5 Å². The Hall–Kier alpha value is -1.83. The van der Waals surface area contributed by atoms with E-state index in [1.807, 2.05) is 4.90 Å². The van der Waals surface area contributed by atoms with E-state index >= 15 is 0 Å². The number of nitrogens with zero attached hydrogens (tertiary/aromatic N) is 2. The molecule has 2 rings (SSSR count). The molecule has 1 aromatic heterocycles. The number of aromatic nitrogens is 1. The van der Waals surface area contributed by atoms with Crippen molar-refractivity contribution in [1.29, 1.82) is 0 Å². The van der Waals surface area contributed by atoms with E-state index in [9.17, 15) is 13.2 Å². The van der Waals surface area contributed by atoms with E-state index in [0.717, 1.165) is 25.9 Å². The number of carboxylic acid groups (broad SMARTS) is 1. The highest BCUT2D eigenvalue weighted by atomic mass is 32.2. The Morgan fingerprint density at radius 1 is 1.42 bits per heavy atom. The lowest BCUT2D eigenvalue weighted by Crippen LogP contribution is -2.25. The molecule has 0 spiro atoms. The quantitative estimate of drug-likeness (QED) is 0.817. The lowest BCUT2D eigenvalue weighted by molar-refractivity contribution is -0.134. The van der Waals surface area contributed by atoms with E-state index < -0.39 is 21.7 Å². The maximum Gasteiger partial charge on any atom is 0.320 e. The zero-order valence-electron chi connectivity index (χ0n) is 10.2. The Labute approximate surface area is 111 Å². The molecule has 1 aliphatic heterocycles. The van der Waals surface area contributed by atoms with Crippen LogP contribution in [-0.2, 0) is 14.8 Å². The van der Waals surface area contributed by atoms with Crippen LogP contribution in [0.3, 0.4) is 0 Å². The highest BCUT2D eigenvalue weighted by Crippen LogP contribution is 2.26. The second-order valence-electron chi connectivity index (χ2n) is 4.32. The van der Waals surface area contributed by atoms with Gasteiger partial charge in [0.25, 0.3) is 0 Å². The summed E-state index contributed by atoms with van der Waals surface area (Å²) in [4.78, 5) is 16.7. The fourth-order valence-electron chi connectivity index (χ4n) is 2.02. The first kappa shape index (κ1) is 13.6. The minimum atomic E-state index is -3.90. The third kappa shape index (κ3) is 3.57. The summed E-state index contributed by atoms with van der Waals surface area (Å²) >= 11 is 0. The van der Waals surface area contributed by atoms with Crippen molar-refractivity contribution in [3.8, 4) is 0 Å². The summed E-state index contributed by atoms with van der Waals surface area (Å²) in [5.41, 5.74) is 0.325. The van der Waals surface area contributed by atoms with Gasteiger partial charge in [0.15, 0.2) is 11.6 Å². The Morgan fingerprint density at radius 2 is 2.11 bits per heavy atom. The van der Waals surface area contributed by atoms with Gasteiger partial charge in [0.05, 0.1) is 5.69 Å². The summed E-state index contributed by atoms with van der Waals surface area (Å²) in [6, 6.07) is 3.19. The molecule has 19 heavy (non-hydrogen) atoms. The minimum Gasteiger partial charge on any atom is -0.480 e. The Morgan fingerprint density at radius 3 is 2.74 bits per heavy atom. The largest absolute Gasteiger partial charge is 0.480 e. The van der Waals surface area contributed by atoms with Crippen LogP contribution in [0.4, 0.5) is 11.5 Å². The molecule has 0 bridgehead atoms. The summed E-state index contributed by atoms with van der Waals surface area (Å²) in [5.74, 6) is -1.80. The van der Waals surface area contributed by atoms with Gasteiger partial charge in [-0.1, -0.05) is 0 Å². The molecular weight excluding hydrogens is 270 g/mol. The lowest BCUT2D eigenvalue weighted by Gasteiger charge is -2.20. The van der Waals surface area contributed by atoms with Crippen LogP contribution in [0.15, 0.2) is 18.3 Å².